The number of para-hydroxylation sites is 3. The second kappa shape index (κ2) is 10.7. The Morgan fingerprint density at radius 3 is 1.67 bits per heavy atom. The van der Waals surface area contributed by atoms with Crippen molar-refractivity contribution in [2.75, 3.05) is 0 Å². The molecule has 6 heteroatoms. The lowest BCUT2D eigenvalue weighted by molar-refractivity contribution is 0.668. The minimum absolute atomic E-state index is 0.535. The van der Waals surface area contributed by atoms with E-state index >= 15 is 0 Å². The fourth-order valence-electron chi connectivity index (χ4n) is 7.45. The molecule has 0 aliphatic rings. The van der Waals surface area contributed by atoms with E-state index in [4.69, 9.17) is 28.2 Å². The summed E-state index contributed by atoms with van der Waals surface area (Å²) in [5.74, 6) is 1.66. The van der Waals surface area contributed by atoms with Crippen molar-refractivity contribution in [3.8, 4) is 45.3 Å². The molecule has 4 aromatic heterocycles. The Balaban J connectivity index is 1.16. The predicted octanol–water partition coefficient (Wildman–Crippen LogP) is 12.2. The summed E-state index contributed by atoms with van der Waals surface area (Å²) in [5.41, 5.74) is 9.55. The molecule has 7 aromatic carbocycles. The van der Waals surface area contributed by atoms with Crippen molar-refractivity contribution in [2.45, 2.75) is 0 Å². The Labute approximate surface area is 290 Å². The van der Waals surface area contributed by atoms with Gasteiger partial charge in [0.25, 0.3) is 0 Å². The van der Waals surface area contributed by atoms with Crippen molar-refractivity contribution in [3.05, 3.63) is 152 Å². The molecule has 0 radical (unpaired) electrons. The van der Waals surface area contributed by atoms with Crippen LogP contribution >= 0.6 is 0 Å². The topological polar surface area (TPSA) is 78.1 Å². The maximum Gasteiger partial charge on any atom is 0.167 e. The average molecular weight is 656 g/mol. The third-order valence-corrected chi connectivity index (χ3v) is 9.76. The fraction of sp³-hybridized carbons (Fsp3) is 0. The van der Waals surface area contributed by atoms with Gasteiger partial charge in [0, 0.05) is 43.4 Å². The van der Waals surface area contributed by atoms with Gasteiger partial charge in [0.05, 0.1) is 5.56 Å². The normalized spacial score (nSPS) is 11.9. The van der Waals surface area contributed by atoms with E-state index in [9.17, 15) is 0 Å². The van der Waals surface area contributed by atoms with E-state index in [0.29, 0.717) is 17.5 Å². The summed E-state index contributed by atoms with van der Waals surface area (Å²) in [6, 6.07) is 51.0. The molecule has 11 aromatic rings. The molecular weight excluding hydrogens is 631 g/mol. The van der Waals surface area contributed by atoms with Crippen LogP contribution in [0.5, 0.6) is 0 Å². The summed E-state index contributed by atoms with van der Waals surface area (Å²) in [6.07, 6.45) is 0. The molecule has 6 nitrogen and oxygen atoms in total. The summed E-state index contributed by atoms with van der Waals surface area (Å²) in [5, 5.41) is 6.17. The van der Waals surface area contributed by atoms with Crippen molar-refractivity contribution in [1.29, 1.82) is 0 Å². The van der Waals surface area contributed by atoms with E-state index in [1.54, 1.807) is 0 Å². The Bertz CT molecular complexity index is 3150. The van der Waals surface area contributed by atoms with Gasteiger partial charge in [-0.1, -0.05) is 109 Å². The largest absolute Gasteiger partial charge is 0.456 e. The number of nitrogens with zero attached hydrogens (tertiary/aromatic N) is 3. The van der Waals surface area contributed by atoms with Crippen LogP contribution in [0.3, 0.4) is 0 Å². The number of hydrogen-bond donors (Lipinski definition) is 0. The van der Waals surface area contributed by atoms with Gasteiger partial charge in [0.2, 0.25) is 0 Å². The van der Waals surface area contributed by atoms with Crippen LogP contribution < -0.4 is 0 Å². The fourth-order valence-corrected chi connectivity index (χ4v) is 7.45. The average Bonchev–Trinajstić information content (AvgIpc) is 3.89. The van der Waals surface area contributed by atoms with Gasteiger partial charge in [0.15, 0.2) is 17.5 Å². The number of aromatic nitrogens is 3. The van der Waals surface area contributed by atoms with Gasteiger partial charge < -0.3 is 13.3 Å². The highest BCUT2D eigenvalue weighted by Gasteiger charge is 2.21. The van der Waals surface area contributed by atoms with Gasteiger partial charge in [-0.05, 0) is 53.6 Å². The van der Waals surface area contributed by atoms with Gasteiger partial charge >= 0.3 is 0 Å². The van der Waals surface area contributed by atoms with Crippen molar-refractivity contribution < 1.29 is 13.3 Å². The minimum Gasteiger partial charge on any atom is -0.456 e. The molecule has 0 atom stereocenters. The summed E-state index contributed by atoms with van der Waals surface area (Å²) in [6.45, 7) is 0. The lowest BCUT2D eigenvalue weighted by Crippen LogP contribution is -2.00. The second-order valence-electron chi connectivity index (χ2n) is 12.7. The van der Waals surface area contributed by atoms with E-state index in [1.165, 1.54) is 0 Å². The molecule has 0 saturated carbocycles. The molecule has 0 aliphatic heterocycles. The monoisotopic (exact) mass is 655 g/mol. The highest BCUT2D eigenvalue weighted by atomic mass is 16.3. The first kappa shape index (κ1) is 27.9. The molecule has 0 fully saturated rings. The first-order chi connectivity index (χ1) is 25.3. The zero-order chi connectivity index (χ0) is 33.5. The molecule has 0 bridgehead atoms. The first-order valence-corrected chi connectivity index (χ1v) is 16.9. The van der Waals surface area contributed by atoms with Gasteiger partial charge in [-0.25, -0.2) is 15.0 Å². The highest BCUT2D eigenvalue weighted by molar-refractivity contribution is 6.16. The molecule has 0 spiro atoms. The maximum absolute atomic E-state index is 6.46. The van der Waals surface area contributed by atoms with E-state index < -0.39 is 0 Å². The first-order valence-electron chi connectivity index (χ1n) is 16.9. The third kappa shape index (κ3) is 4.26. The lowest BCUT2D eigenvalue weighted by Gasteiger charge is -2.10. The molecule has 11 rings (SSSR count). The van der Waals surface area contributed by atoms with E-state index in [-0.39, 0.29) is 0 Å². The van der Waals surface area contributed by atoms with Gasteiger partial charge in [-0.15, -0.1) is 0 Å². The van der Waals surface area contributed by atoms with E-state index in [0.717, 1.165) is 93.6 Å². The van der Waals surface area contributed by atoms with Crippen LogP contribution in [0.15, 0.2) is 165 Å². The number of fused-ring (bicyclic) bond motifs is 9. The SMILES string of the molecule is c1ccc(-c2nc(-c3cccc4c3oc3ccccc34)nc(-c3cccc4oc5ccc(-c6cccc7oc8ccccc8c67)cc5c34)n2)cc1. The maximum atomic E-state index is 6.46. The Morgan fingerprint density at radius 1 is 0.314 bits per heavy atom. The van der Waals surface area contributed by atoms with Crippen LogP contribution in [-0.4, -0.2) is 15.0 Å². The number of rotatable bonds is 4. The minimum atomic E-state index is 0.535. The highest BCUT2D eigenvalue weighted by Crippen LogP contribution is 2.42. The summed E-state index contributed by atoms with van der Waals surface area (Å²) in [7, 11) is 0. The lowest BCUT2D eigenvalue weighted by atomic mass is 9.97. The standard InChI is InChI=1S/C45H25N3O3/c1-2-11-26(12-3-1)43-46-44(48-45(47-43)33-18-8-16-30-29-13-4-6-19-35(29)51-42(30)33)32-17-10-22-39-41(32)34-25-27(23-24-37(34)50-39)28-15-9-21-38-40(28)31-14-5-7-20-36(31)49-38/h1-25H. The summed E-state index contributed by atoms with van der Waals surface area (Å²) < 4.78 is 19.1. The molecule has 0 unspecified atom stereocenters. The van der Waals surface area contributed by atoms with Gasteiger partial charge in [-0.2, -0.15) is 0 Å². The third-order valence-electron chi connectivity index (χ3n) is 9.76. The van der Waals surface area contributed by atoms with Crippen molar-refractivity contribution in [2.24, 2.45) is 0 Å². The number of benzene rings is 7. The summed E-state index contributed by atoms with van der Waals surface area (Å²) in [4.78, 5) is 15.3. The zero-order valence-electron chi connectivity index (χ0n) is 27.0. The van der Waals surface area contributed by atoms with Crippen molar-refractivity contribution >= 4 is 65.8 Å². The zero-order valence-corrected chi connectivity index (χ0v) is 27.0. The van der Waals surface area contributed by atoms with Gasteiger partial charge in [-0.3, -0.25) is 0 Å². The molecule has 0 N–H and O–H groups in total. The molecule has 51 heavy (non-hydrogen) atoms. The number of hydrogen-bond acceptors (Lipinski definition) is 6. The predicted molar refractivity (Wildman–Crippen MR) is 203 cm³/mol. The summed E-state index contributed by atoms with van der Waals surface area (Å²) >= 11 is 0. The number of furan rings is 3. The molecule has 0 amide bonds. The van der Waals surface area contributed by atoms with Gasteiger partial charge in [0.1, 0.15) is 33.5 Å². The molecule has 0 aliphatic carbocycles. The van der Waals surface area contributed by atoms with Crippen LogP contribution in [0.4, 0.5) is 0 Å². The van der Waals surface area contributed by atoms with Crippen molar-refractivity contribution in [1.82, 2.24) is 15.0 Å². The van der Waals surface area contributed by atoms with Crippen molar-refractivity contribution in [3.63, 3.8) is 0 Å². The second-order valence-corrected chi connectivity index (χ2v) is 12.7. The quantitative estimate of drug-likeness (QED) is 0.188. The van der Waals surface area contributed by atoms with E-state index in [2.05, 4.69) is 48.5 Å². The molecular formula is C45H25N3O3. The van der Waals surface area contributed by atoms with E-state index in [1.807, 2.05) is 103 Å². The Morgan fingerprint density at radius 2 is 0.863 bits per heavy atom. The Kier molecular flexibility index (Phi) is 5.86. The Hall–Kier alpha value is -7.05. The molecule has 0 saturated heterocycles. The van der Waals surface area contributed by atoms with Crippen LogP contribution in [0, 0.1) is 0 Å². The molecule has 238 valence electrons. The molecule has 4 heterocycles. The van der Waals surface area contributed by atoms with Crippen LogP contribution in [-0.2, 0) is 0 Å². The van der Waals surface area contributed by atoms with Crippen LogP contribution in [0.2, 0.25) is 0 Å². The van der Waals surface area contributed by atoms with Crippen LogP contribution in [0.25, 0.3) is 111 Å². The smallest absolute Gasteiger partial charge is 0.167 e. The van der Waals surface area contributed by atoms with Crippen LogP contribution in [0.1, 0.15) is 0 Å².